The first-order valence-electron chi connectivity index (χ1n) is 6.07. The van der Waals surface area contributed by atoms with E-state index in [2.05, 4.69) is 5.32 Å². The van der Waals surface area contributed by atoms with Crippen LogP contribution < -0.4 is 11.1 Å². The Bertz CT molecular complexity index is 541. The van der Waals surface area contributed by atoms with Crippen molar-refractivity contribution >= 4 is 11.4 Å². The Labute approximate surface area is 111 Å². The van der Waals surface area contributed by atoms with Crippen LogP contribution in [0.4, 0.5) is 20.2 Å². The first kappa shape index (κ1) is 13.3. The summed E-state index contributed by atoms with van der Waals surface area (Å²) in [5, 5.41) is 3.10. The van der Waals surface area contributed by atoms with Crippen LogP contribution in [0.25, 0.3) is 0 Å². The smallest absolute Gasteiger partial charge is 0.265 e. The Kier molecular flexibility index (Phi) is 4.00. The summed E-state index contributed by atoms with van der Waals surface area (Å²) in [6.45, 7) is 1.93. The van der Waals surface area contributed by atoms with Gasteiger partial charge >= 0.3 is 0 Å². The molecule has 0 aromatic heterocycles. The molecule has 0 fully saturated rings. The zero-order valence-electron chi connectivity index (χ0n) is 10.6. The zero-order chi connectivity index (χ0) is 13.8. The van der Waals surface area contributed by atoms with E-state index in [9.17, 15) is 8.78 Å². The molecule has 0 saturated carbocycles. The average molecular weight is 262 g/mol. The minimum atomic E-state index is -2.55. The second-order valence-corrected chi connectivity index (χ2v) is 4.42. The van der Waals surface area contributed by atoms with Gasteiger partial charge in [0.15, 0.2) is 0 Å². The van der Waals surface area contributed by atoms with Gasteiger partial charge in [-0.25, -0.2) is 8.78 Å². The van der Waals surface area contributed by atoms with Crippen molar-refractivity contribution in [3.05, 3.63) is 59.7 Å². The molecular formula is C15H16F2N2. The van der Waals surface area contributed by atoms with Crippen molar-refractivity contribution < 1.29 is 8.78 Å². The van der Waals surface area contributed by atoms with Gasteiger partial charge in [0.1, 0.15) is 0 Å². The standard InChI is InChI=1S/C15H16F2N2/c1-10(11-5-3-2-4-6-11)19-14-8-7-12(18)9-13(14)15(16)17/h2-10,15,19H,18H2,1H3. The van der Waals surface area contributed by atoms with Gasteiger partial charge in [0.05, 0.1) is 0 Å². The van der Waals surface area contributed by atoms with Gasteiger partial charge in [0.2, 0.25) is 0 Å². The lowest BCUT2D eigenvalue weighted by molar-refractivity contribution is 0.152. The third-order valence-electron chi connectivity index (χ3n) is 2.98. The summed E-state index contributed by atoms with van der Waals surface area (Å²) < 4.78 is 25.9. The van der Waals surface area contributed by atoms with Gasteiger partial charge in [-0.15, -0.1) is 0 Å². The number of anilines is 2. The summed E-state index contributed by atoms with van der Waals surface area (Å²) in [6, 6.07) is 14.1. The molecule has 0 saturated heterocycles. The molecule has 1 unspecified atom stereocenters. The van der Waals surface area contributed by atoms with E-state index >= 15 is 0 Å². The van der Waals surface area contributed by atoms with E-state index in [0.29, 0.717) is 11.4 Å². The maximum absolute atomic E-state index is 13.0. The van der Waals surface area contributed by atoms with Gasteiger partial charge in [-0.2, -0.15) is 0 Å². The van der Waals surface area contributed by atoms with Gasteiger partial charge in [0.25, 0.3) is 6.43 Å². The molecule has 2 nitrogen and oxygen atoms in total. The number of alkyl halides is 2. The predicted molar refractivity (Wildman–Crippen MR) is 74.3 cm³/mol. The van der Waals surface area contributed by atoms with Crippen LogP contribution >= 0.6 is 0 Å². The molecule has 0 heterocycles. The summed E-state index contributed by atoms with van der Waals surface area (Å²) in [7, 11) is 0. The average Bonchev–Trinajstić information content (AvgIpc) is 2.41. The Balaban J connectivity index is 2.24. The molecule has 0 bridgehead atoms. The molecule has 4 heteroatoms. The highest BCUT2D eigenvalue weighted by Gasteiger charge is 2.15. The van der Waals surface area contributed by atoms with Gasteiger partial charge in [-0.1, -0.05) is 30.3 Å². The number of hydrogen-bond donors (Lipinski definition) is 2. The van der Waals surface area contributed by atoms with Crippen molar-refractivity contribution in [3.8, 4) is 0 Å². The second kappa shape index (κ2) is 5.69. The largest absolute Gasteiger partial charge is 0.399 e. The van der Waals surface area contributed by atoms with E-state index < -0.39 is 6.43 Å². The number of benzene rings is 2. The molecule has 1 atom stereocenters. The van der Waals surface area contributed by atoms with E-state index in [0.717, 1.165) is 5.56 Å². The van der Waals surface area contributed by atoms with Crippen LogP contribution in [0.2, 0.25) is 0 Å². The minimum absolute atomic E-state index is 0.0534. The fraction of sp³-hybridized carbons (Fsp3) is 0.200. The number of nitrogens with one attached hydrogen (secondary N) is 1. The number of nitrogens with two attached hydrogens (primary N) is 1. The Morgan fingerprint density at radius 1 is 1.05 bits per heavy atom. The van der Waals surface area contributed by atoms with Crippen molar-refractivity contribution in [3.63, 3.8) is 0 Å². The third-order valence-corrected chi connectivity index (χ3v) is 2.98. The van der Waals surface area contributed by atoms with Crippen molar-refractivity contribution in [2.24, 2.45) is 0 Å². The topological polar surface area (TPSA) is 38.0 Å². The molecule has 100 valence electrons. The third kappa shape index (κ3) is 3.22. The fourth-order valence-electron chi connectivity index (χ4n) is 1.95. The molecule has 0 radical (unpaired) electrons. The summed E-state index contributed by atoms with van der Waals surface area (Å²) in [4.78, 5) is 0. The summed E-state index contributed by atoms with van der Waals surface area (Å²) in [5.74, 6) is 0. The van der Waals surface area contributed by atoms with Crippen LogP contribution in [-0.4, -0.2) is 0 Å². The SMILES string of the molecule is CC(Nc1ccc(N)cc1C(F)F)c1ccccc1. The summed E-state index contributed by atoms with van der Waals surface area (Å²) in [5.41, 5.74) is 7.28. The highest BCUT2D eigenvalue weighted by atomic mass is 19.3. The van der Waals surface area contributed by atoms with Crippen molar-refractivity contribution in [1.82, 2.24) is 0 Å². The minimum Gasteiger partial charge on any atom is -0.399 e. The van der Waals surface area contributed by atoms with Crippen LogP contribution in [0.15, 0.2) is 48.5 Å². The second-order valence-electron chi connectivity index (χ2n) is 4.42. The van der Waals surface area contributed by atoms with Gasteiger partial charge in [0, 0.05) is 23.0 Å². The number of hydrogen-bond acceptors (Lipinski definition) is 2. The number of halogens is 2. The van der Waals surface area contributed by atoms with Crippen LogP contribution in [0.5, 0.6) is 0 Å². The molecule has 3 N–H and O–H groups in total. The van der Waals surface area contributed by atoms with E-state index in [1.165, 1.54) is 6.07 Å². The lowest BCUT2D eigenvalue weighted by Gasteiger charge is -2.18. The van der Waals surface area contributed by atoms with Crippen molar-refractivity contribution in [1.29, 1.82) is 0 Å². The molecule has 0 amide bonds. The molecule has 2 aromatic rings. The molecule has 2 rings (SSSR count). The normalized spacial score (nSPS) is 12.4. The predicted octanol–water partition coefficient (Wildman–Crippen LogP) is 4.38. The summed E-state index contributed by atoms with van der Waals surface area (Å²) >= 11 is 0. The van der Waals surface area contributed by atoms with Crippen LogP contribution in [0.3, 0.4) is 0 Å². The quantitative estimate of drug-likeness (QED) is 0.802. The molecule has 0 spiro atoms. The number of nitrogen functional groups attached to an aromatic ring is 1. The van der Waals surface area contributed by atoms with E-state index in [-0.39, 0.29) is 11.6 Å². The van der Waals surface area contributed by atoms with E-state index in [1.807, 2.05) is 37.3 Å². The van der Waals surface area contributed by atoms with Crippen LogP contribution in [-0.2, 0) is 0 Å². The number of rotatable bonds is 4. The molecule has 0 aliphatic carbocycles. The van der Waals surface area contributed by atoms with Gasteiger partial charge in [-0.3, -0.25) is 0 Å². The maximum Gasteiger partial charge on any atom is 0.265 e. The fourth-order valence-corrected chi connectivity index (χ4v) is 1.95. The summed E-state index contributed by atoms with van der Waals surface area (Å²) in [6.07, 6.45) is -2.55. The Morgan fingerprint density at radius 2 is 1.74 bits per heavy atom. The highest BCUT2D eigenvalue weighted by molar-refractivity contribution is 5.59. The first-order chi connectivity index (χ1) is 9.08. The van der Waals surface area contributed by atoms with Gasteiger partial charge < -0.3 is 11.1 Å². The first-order valence-corrected chi connectivity index (χ1v) is 6.07. The molecular weight excluding hydrogens is 246 g/mol. The monoisotopic (exact) mass is 262 g/mol. The molecule has 19 heavy (non-hydrogen) atoms. The highest BCUT2D eigenvalue weighted by Crippen LogP contribution is 2.31. The Morgan fingerprint density at radius 3 is 2.37 bits per heavy atom. The Hall–Kier alpha value is -2.10. The lowest BCUT2D eigenvalue weighted by Crippen LogP contribution is -2.09. The van der Waals surface area contributed by atoms with Crippen LogP contribution in [0.1, 0.15) is 30.5 Å². The van der Waals surface area contributed by atoms with Crippen molar-refractivity contribution in [2.45, 2.75) is 19.4 Å². The van der Waals surface area contributed by atoms with E-state index in [4.69, 9.17) is 5.73 Å². The van der Waals surface area contributed by atoms with Gasteiger partial charge in [-0.05, 0) is 30.7 Å². The zero-order valence-corrected chi connectivity index (χ0v) is 10.6. The molecule has 0 aliphatic heterocycles. The lowest BCUT2D eigenvalue weighted by atomic mass is 10.1. The maximum atomic E-state index is 13.0. The van der Waals surface area contributed by atoms with Crippen LogP contribution in [0, 0.1) is 0 Å². The van der Waals surface area contributed by atoms with Crippen molar-refractivity contribution in [2.75, 3.05) is 11.1 Å². The molecule has 0 aliphatic rings. The molecule has 2 aromatic carbocycles. The van der Waals surface area contributed by atoms with E-state index in [1.54, 1.807) is 12.1 Å².